The zero-order valence-corrected chi connectivity index (χ0v) is 40.0. The van der Waals surface area contributed by atoms with Gasteiger partial charge in [-0.15, -0.1) is 0 Å². The van der Waals surface area contributed by atoms with Crippen LogP contribution in [0.2, 0.25) is 0 Å². The van der Waals surface area contributed by atoms with Gasteiger partial charge in [-0.3, -0.25) is 0 Å². The molecule has 2 unspecified atom stereocenters. The predicted octanol–water partition coefficient (Wildman–Crippen LogP) is -7.30. The Morgan fingerprint density at radius 3 is 1.19 bits per heavy atom. The number of benzene rings is 2. The van der Waals surface area contributed by atoms with Gasteiger partial charge in [-0.2, -0.15) is 29.9 Å². The summed E-state index contributed by atoms with van der Waals surface area (Å²) in [6.07, 6.45) is 0.669. The predicted molar refractivity (Wildman–Crippen MR) is 217 cm³/mol. The van der Waals surface area contributed by atoms with Crippen LogP contribution >= 0.6 is 0 Å². The third-order valence-corrected chi connectivity index (χ3v) is 9.71. The molecule has 4 rings (SSSR count). The minimum atomic E-state index is -5.18. The van der Waals surface area contributed by atoms with E-state index in [1.807, 2.05) is 0 Å². The molecule has 24 nitrogen and oxygen atoms in total. The van der Waals surface area contributed by atoms with E-state index in [0.717, 1.165) is 24.3 Å². The van der Waals surface area contributed by atoms with Gasteiger partial charge in [0.05, 0.1) is 48.4 Å². The molecule has 2 aromatic carbocycles. The molecule has 10 N–H and O–H groups in total. The molecule has 0 fully saturated rings. The number of aliphatic hydroxyl groups excluding tert-OH is 6. The molecule has 0 radical (unpaired) electrons. The van der Waals surface area contributed by atoms with Crippen LogP contribution in [0.15, 0.2) is 46.2 Å². The van der Waals surface area contributed by atoms with Crippen molar-refractivity contribution in [1.29, 1.82) is 0 Å². The summed E-state index contributed by atoms with van der Waals surface area (Å²) in [7, 11) is -10.4. The molecule has 2 atom stereocenters. The largest absolute Gasteiger partial charge is 1.00 e. The second kappa shape index (κ2) is 25.8. The molecule has 28 heteroatoms. The van der Waals surface area contributed by atoms with Crippen molar-refractivity contribution in [3.63, 3.8) is 0 Å². The third kappa shape index (κ3) is 16.9. The SMILES string of the molecule is CC(O)CNc1nc(Nc2ccc(/C=C/c3ccc(Nc4nc(NCC(C)O)nc(N(CCO)CCO)n4)cc3S(=O)(=O)[O-])c(S(=O)(=O)[O-])c2)nc(N(CCO)CCO)n1.[Na+].[Na+]. The summed E-state index contributed by atoms with van der Waals surface area (Å²) in [5.41, 5.74) is -0.304. The number of aromatic nitrogens is 6. The molecule has 328 valence electrons. The van der Waals surface area contributed by atoms with E-state index in [4.69, 9.17) is 0 Å². The quantitative estimate of drug-likeness (QED) is 0.0177. The number of nitrogens with one attached hydrogen (secondary N) is 4. The molecule has 62 heavy (non-hydrogen) atoms. The summed E-state index contributed by atoms with van der Waals surface area (Å²) < 4.78 is 74.9. The topological polar surface area (TPSA) is 368 Å². The van der Waals surface area contributed by atoms with Crippen LogP contribution in [-0.4, -0.2) is 164 Å². The fourth-order valence-corrected chi connectivity index (χ4v) is 6.63. The van der Waals surface area contributed by atoms with Crippen LogP contribution in [-0.2, 0) is 20.2 Å². The minimum absolute atomic E-state index is 0. The maximum atomic E-state index is 12.5. The van der Waals surface area contributed by atoms with Gasteiger partial charge in [-0.05, 0) is 49.2 Å². The fraction of sp³-hybridized carbons (Fsp3) is 0.412. The summed E-state index contributed by atoms with van der Waals surface area (Å²) in [5.74, 6) is -0.277. The number of aliphatic hydroxyl groups is 6. The molecule has 0 saturated carbocycles. The molecule has 0 bridgehead atoms. The zero-order chi connectivity index (χ0) is 44.0. The van der Waals surface area contributed by atoms with E-state index >= 15 is 0 Å². The second-order valence-electron chi connectivity index (χ2n) is 12.9. The first-order valence-corrected chi connectivity index (χ1v) is 21.0. The van der Waals surface area contributed by atoms with E-state index in [1.54, 1.807) is 0 Å². The van der Waals surface area contributed by atoms with Crippen molar-refractivity contribution in [3.05, 3.63) is 47.5 Å². The van der Waals surface area contributed by atoms with Crippen LogP contribution in [0.4, 0.5) is 47.1 Å². The Hall–Kier alpha value is -3.42. The van der Waals surface area contributed by atoms with Crippen LogP contribution in [0.5, 0.6) is 0 Å². The molecule has 4 aromatic rings. The van der Waals surface area contributed by atoms with Gasteiger partial charge in [0.1, 0.15) is 20.2 Å². The van der Waals surface area contributed by atoms with Crippen molar-refractivity contribution >= 4 is 79.5 Å². The van der Waals surface area contributed by atoms with Crippen molar-refractivity contribution in [2.24, 2.45) is 0 Å². The third-order valence-electron chi connectivity index (χ3n) is 7.92. The summed E-state index contributed by atoms with van der Waals surface area (Å²) in [6, 6.07) is 7.19. The first-order chi connectivity index (χ1) is 28.4. The Bertz CT molecular complexity index is 2150. The van der Waals surface area contributed by atoms with Crippen LogP contribution in [0.25, 0.3) is 12.2 Å². The standard InChI is InChI=1S/C34H48N12O12S2.2Na/c1-21(51)19-35-29-39-31(43-33(41-29)45(9-13-47)10-14-48)37-25-7-5-23(27(17-25)59(53,54)55)3-4-24-6-8-26(18-28(24)60(56,57)58)38-32-40-30(36-20-22(2)52)42-34(44-32)46(11-15-49)12-16-50;;/h3-8,17-18,21-22,47-52H,9-16,19-20H2,1-2H3,(H,53,54,55)(H,56,57,58)(H2,35,37,39,41,43)(H2,36,38,40,42,44);;/q;2*+1/p-2/b4-3+;;. The van der Waals surface area contributed by atoms with Gasteiger partial charge in [0.25, 0.3) is 0 Å². The average Bonchev–Trinajstić information content (AvgIpc) is 3.18. The molecule has 0 aliphatic rings. The van der Waals surface area contributed by atoms with Gasteiger partial charge in [0.15, 0.2) is 0 Å². The summed E-state index contributed by atoms with van der Waals surface area (Å²) >= 11 is 0. The van der Waals surface area contributed by atoms with E-state index in [0.29, 0.717) is 0 Å². The minimum Gasteiger partial charge on any atom is -0.744 e. The van der Waals surface area contributed by atoms with Gasteiger partial charge in [-0.1, -0.05) is 24.3 Å². The summed E-state index contributed by atoms with van der Waals surface area (Å²) in [6.45, 7) is 2.04. The monoisotopic (exact) mass is 924 g/mol. The fourth-order valence-electron chi connectivity index (χ4n) is 5.24. The maximum absolute atomic E-state index is 12.5. The molecular formula is C34H46N12Na2O12S2. The van der Waals surface area contributed by atoms with Gasteiger partial charge in [0.2, 0.25) is 35.7 Å². The summed E-state index contributed by atoms with van der Waals surface area (Å²) in [5, 5.41) is 68.7. The van der Waals surface area contributed by atoms with Crippen LogP contribution in [0, 0.1) is 0 Å². The number of hydrogen-bond donors (Lipinski definition) is 10. The van der Waals surface area contributed by atoms with Gasteiger partial charge >= 0.3 is 59.1 Å². The van der Waals surface area contributed by atoms with Crippen molar-refractivity contribution < 1.29 is 116 Å². The van der Waals surface area contributed by atoms with Gasteiger partial charge in [0, 0.05) is 50.6 Å². The van der Waals surface area contributed by atoms with Crippen LogP contribution in [0.3, 0.4) is 0 Å². The number of hydrogen-bond acceptors (Lipinski definition) is 24. The number of anilines is 8. The molecule has 0 spiro atoms. The Balaban J connectivity index is 0.00000661. The Morgan fingerprint density at radius 2 is 0.903 bits per heavy atom. The van der Waals surface area contributed by atoms with E-state index in [2.05, 4.69) is 51.2 Å². The number of nitrogens with zero attached hydrogens (tertiary/aromatic N) is 8. The van der Waals surface area contributed by atoms with Crippen molar-refractivity contribution in [2.75, 3.05) is 96.8 Å². The van der Waals surface area contributed by atoms with Gasteiger partial charge < -0.3 is 70.8 Å². The molecule has 2 heterocycles. The van der Waals surface area contributed by atoms with E-state index < -0.39 is 42.2 Å². The van der Waals surface area contributed by atoms with Crippen LogP contribution in [0.1, 0.15) is 25.0 Å². The molecule has 0 saturated heterocycles. The molecule has 0 aliphatic heterocycles. The zero-order valence-electron chi connectivity index (χ0n) is 34.4. The number of rotatable bonds is 24. The smallest absolute Gasteiger partial charge is 0.744 e. The maximum Gasteiger partial charge on any atom is 1.00 e. The average molecular weight is 925 g/mol. The Labute approximate surface area is 402 Å². The van der Waals surface area contributed by atoms with Crippen molar-refractivity contribution in [1.82, 2.24) is 29.9 Å². The molecular weight excluding hydrogens is 879 g/mol. The van der Waals surface area contributed by atoms with E-state index in [1.165, 1.54) is 47.9 Å². The van der Waals surface area contributed by atoms with Crippen LogP contribution < -0.4 is 90.2 Å². The molecule has 0 amide bonds. The van der Waals surface area contributed by atoms with Crippen molar-refractivity contribution in [3.8, 4) is 0 Å². The summed E-state index contributed by atoms with van der Waals surface area (Å²) in [4.78, 5) is 27.0. The second-order valence-corrected chi connectivity index (χ2v) is 15.6. The molecule has 2 aromatic heterocycles. The normalized spacial score (nSPS) is 12.5. The Kier molecular flexibility index (Phi) is 22.7. The first-order valence-electron chi connectivity index (χ1n) is 18.2. The van der Waals surface area contributed by atoms with Crippen molar-refractivity contribution in [2.45, 2.75) is 35.8 Å². The van der Waals surface area contributed by atoms with E-state index in [9.17, 15) is 56.6 Å². The Morgan fingerprint density at radius 1 is 0.581 bits per heavy atom. The van der Waals surface area contributed by atoms with E-state index in [-0.39, 0.29) is 183 Å². The first kappa shape index (κ1) is 54.7. The van der Waals surface area contributed by atoms with Gasteiger partial charge in [-0.25, -0.2) is 16.8 Å². The molecule has 0 aliphatic carbocycles.